The van der Waals surface area contributed by atoms with Crippen LogP contribution in [0, 0.1) is 0 Å². The summed E-state index contributed by atoms with van der Waals surface area (Å²) in [5.41, 5.74) is 11.4. The smallest absolute Gasteiger partial charge is 0.241 e. The molecule has 7 nitrogen and oxygen atoms in total. The molecule has 0 rings (SSSR count). The summed E-state index contributed by atoms with van der Waals surface area (Å²) in [6.07, 6.45) is 23.8. The van der Waals surface area contributed by atoms with Crippen LogP contribution in [-0.2, 0) is 9.59 Å². The highest BCUT2D eigenvalue weighted by Gasteiger charge is 2.15. The Morgan fingerprint density at radius 2 is 1.19 bits per heavy atom. The zero-order valence-corrected chi connectivity index (χ0v) is 24.0. The summed E-state index contributed by atoms with van der Waals surface area (Å²) in [4.78, 5) is 26.1. The second-order valence-corrected chi connectivity index (χ2v) is 10.5. The van der Waals surface area contributed by atoms with Crippen molar-refractivity contribution in [3.05, 3.63) is 0 Å². The summed E-state index contributed by atoms with van der Waals surface area (Å²) < 4.78 is 0. The molecule has 0 unspecified atom stereocenters. The first-order chi connectivity index (χ1) is 17.5. The summed E-state index contributed by atoms with van der Waals surface area (Å²) >= 11 is 0. The van der Waals surface area contributed by atoms with Crippen molar-refractivity contribution in [3.63, 3.8) is 0 Å². The number of likely N-dealkylation sites (N-methyl/N-ethyl adjacent to an activating group) is 1. The maximum absolute atomic E-state index is 12.3. The molecule has 0 heterocycles. The summed E-state index contributed by atoms with van der Waals surface area (Å²) in [5.74, 6) is -0.305. The van der Waals surface area contributed by atoms with Gasteiger partial charge in [-0.2, -0.15) is 0 Å². The van der Waals surface area contributed by atoms with E-state index in [9.17, 15) is 9.59 Å². The molecule has 0 aliphatic heterocycles. The van der Waals surface area contributed by atoms with Gasteiger partial charge in [-0.25, -0.2) is 0 Å². The van der Waals surface area contributed by atoms with E-state index < -0.39 is 6.04 Å². The van der Waals surface area contributed by atoms with Crippen LogP contribution in [0.5, 0.6) is 0 Å². The molecular weight excluding hydrogens is 450 g/mol. The molecule has 6 N–H and O–H groups in total. The summed E-state index contributed by atoms with van der Waals surface area (Å²) in [5, 5.41) is 5.96. The van der Waals surface area contributed by atoms with Crippen LogP contribution < -0.4 is 22.1 Å². The third-order valence-electron chi connectivity index (χ3n) is 6.95. The summed E-state index contributed by atoms with van der Waals surface area (Å²) in [7, 11) is 1.81. The lowest BCUT2D eigenvalue weighted by Crippen LogP contribution is -2.45. The molecule has 2 amide bonds. The highest BCUT2D eigenvalue weighted by atomic mass is 16.2. The van der Waals surface area contributed by atoms with Crippen LogP contribution in [0.25, 0.3) is 0 Å². The normalized spacial score (nSPS) is 12.0. The minimum atomic E-state index is -0.570. The second kappa shape index (κ2) is 26.9. The van der Waals surface area contributed by atoms with E-state index in [1.54, 1.807) is 4.90 Å². The highest BCUT2D eigenvalue weighted by Crippen LogP contribution is 2.13. The van der Waals surface area contributed by atoms with Gasteiger partial charge in [-0.15, -0.1) is 0 Å². The van der Waals surface area contributed by atoms with Gasteiger partial charge in [0, 0.05) is 13.6 Å². The standard InChI is InChI=1S/C29H61N5O2/c1-3-4-5-6-7-8-9-10-11-12-13-14-15-16-17-18-25-34(2)28(35)26-33-29(36)27(31)21-19-23-32-24-20-22-30/h27,32H,3-26,30-31H2,1-2H3,(H,33,36)/t27-/m0/s1. The lowest BCUT2D eigenvalue weighted by Gasteiger charge is -2.18. The minimum Gasteiger partial charge on any atom is -0.346 e. The molecule has 0 bridgehead atoms. The number of hydrogen-bond donors (Lipinski definition) is 4. The number of hydrogen-bond acceptors (Lipinski definition) is 5. The predicted octanol–water partition coefficient (Wildman–Crippen LogP) is 4.87. The number of unbranched alkanes of at least 4 members (excludes halogenated alkanes) is 15. The van der Waals surface area contributed by atoms with E-state index in [4.69, 9.17) is 11.5 Å². The van der Waals surface area contributed by atoms with Gasteiger partial charge < -0.3 is 27.0 Å². The number of amides is 2. The Morgan fingerprint density at radius 3 is 1.69 bits per heavy atom. The maximum atomic E-state index is 12.3. The first-order valence-electron chi connectivity index (χ1n) is 15.2. The number of carbonyl (C=O) groups excluding carboxylic acids is 2. The van der Waals surface area contributed by atoms with Crippen LogP contribution in [0.2, 0.25) is 0 Å². The monoisotopic (exact) mass is 511 g/mol. The molecule has 0 aliphatic carbocycles. The zero-order chi connectivity index (χ0) is 26.7. The van der Waals surface area contributed by atoms with Gasteiger partial charge in [0.2, 0.25) is 11.8 Å². The number of nitrogens with two attached hydrogens (primary N) is 2. The molecule has 0 fully saturated rings. The fraction of sp³-hybridized carbons (Fsp3) is 0.931. The van der Waals surface area contributed by atoms with Gasteiger partial charge in [-0.1, -0.05) is 103 Å². The van der Waals surface area contributed by atoms with Gasteiger partial charge in [-0.3, -0.25) is 9.59 Å². The van der Waals surface area contributed by atoms with Crippen molar-refractivity contribution in [1.82, 2.24) is 15.5 Å². The summed E-state index contributed by atoms with van der Waals surface area (Å²) in [6, 6.07) is -0.570. The summed E-state index contributed by atoms with van der Waals surface area (Å²) in [6.45, 7) is 5.43. The minimum absolute atomic E-state index is 0.0244. The van der Waals surface area contributed by atoms with Crippen molar-refractivity contribution in [2.24, 2.45) is 11.5 Å². The Labute approximate surface area is 223 Å². The predicted molar refractivity (Wildman–Crippen MR) is 154 cm³/mol. The van der Waals surface area contributed by atoms with Gasteiger partial charge in [0.05, 0.1) is 12.6 Å². The fourth-order valence-corrected chi connectivity index (χ4v) is 4.38. The average molecular weight is 512 g/mol. The van der Waals surface area contributed by atoms with Gasteiger partial charge in [0.1, 0.15) is 0 Å². The number of nitrogens with zero attached hydrogens (tertiary/aromatic N) is 1. The van der Waals surface area contributed by atoms with Crippen molar-refractivity contribution in [1.29, 1.82) is 0 Å². The number of nitrogens with one attached hydrogen (secondary N) is 2. The van der Waals surface area contributed by atoms with E-state index in [0.717, 1.165) is 45.3 Å². The number of carbonyl (C=O) groups is 2. The van der Waals surface area contributed by atoms with E-state index in [2.05, 4.69) is 17.6 Å². The molecule has 0 spiro atoms. The van der Waals surface area contributed by atoms with E-state index in [-0.39, 0.29) is 18.4 Å². The quantitative estimate of drug-likeness (QED) is 0.118. The van der Waals surface area contributed by atoms with Gasteiger partial charge >= 0.3 is 0 Å². The average Bonchev–Trinajstić information content (AvgIpc) is 2.88. The van der Waals surface area contributed by atoms with Crippen LogP contribution in [-0.4, -0.2) is 62.5 Å². The van der Waals surface area contributed by atoms with E-state index in [1.165, 1.54) is 89.9 Å². The lowest BCUT2D eigenvalue weighted by atomic mass is 10.0. The second-order valence-electron chi connectivity index (χ2n) is 10.5. The third kappa shape index (κ3) is 23.2. The fourth-order valence-electron chi connectivity index (χ4n) is 4.38. The molecule has 36 heavy (non-hydrogen) atoms. The Balaban J connectivity index is 3.51. The number of rotatable bonds is 27. The molecule has 0 aliphatic rings. The SMILES string of the molecule is CCCCCCCCCCCCCCCCCCN(C)C(=O)CNC(=O)[C@@H](N)CCCNCCCN. The molecule has 0 saturated carbocycles. The first kappa shape index (κ1) is 34.8. The molecule has 0 radical (unpaired) electrons. The zero-order valence-electron chi connectivity index (χ0n) is 24.0. The van der Waals surface area contributed by atoms with E-state index in [0.29, 0.717) is 13.0 Å². The third-order valence-corrected chi connectivity index (χ3v) is 6.95. The maximum Gasteiger partial charge on any atom is 0.241 e. The van der Waals surface area contributed by atoms with Crippen molar-refractivity contribution in [2.45, 2.75) is 135 Å². The van der Waals surface area contributed by atoms with Crippen LogP contribution in [0.4, 0.5) is 0 Å². The molecule has 0 aromatic heterocycles. The Kier molecular flexibility index (Phi) is 26.0. The lowest BCUT2D eigenvalue weighted by molar-refractivity contribution is -0.132. The van der Waals surface area contributed by atoms with Gasteiger partial charge in [-0.05, 0) is 45.3 Å². The van der Waals surface area contributed by atoms with Crippen molar-refractivity contribution in [2.75, 3.05) is 39.8 Å². The van der Waals surface area contributed by atoms with Crippen molar-refractivity contribution in [3.8, 4) is 0 Å². The van der Waals surface area contributed by atoms with E-state index in [1.807, 2.05) is 7.05 Å². The van der Waals surface area contributed by atoms with Crippen LogP contribution in [0.3, 0.4) is 0 Å². The largest absolute Gasteiger partial charge is 0.346 e. The Morgan fingerprint density at radius 1 is 0.722 bits per heavy atom. The topological polar surface area (TPSA) is 113 Å². The Hall–Kier alpha value is -1.18. The molecule has 7 heteroatoms. The van der Waals surface area contributed by atoms with Crippen LogP contribution >= 0.6 is 0 Å². The molecule has 214 valence electrons. The molecular formula is C29H61N5O2. The molecule has 0 saturated heterocycles. The van der Waals surface area contributed by atoms with Crippen molar-refractivity contribution >= 4 is 11.8 Å². The molecule has 0 aromatic carbocycles. The first-order valence-corrected chi connectivity index (χ1v) is 15.2. The van der Waals surface area contributed by atoms with Crippen LogP contribution in [0.1, 0.15) is 129 Å². The van der Waals surface area contributed by atoms with Crippen molar-refractivity contribution < 1.29 is 9.59 Å². The highest BCUT2D eigenvalue weighted by molar-refractivity contribution is 5.87. The van der Waals surface area contributed by atoms with Gasteiger partial charge in [0.15, 0.2) is 0 Å². The van der Waals surface area contributed by atoms with Crippen LogP contribution in [0.15, 0.2) is 0 Å². The van der Waals surface area contributed by atoms with E-state index >= 15 is 0 Å². The molecule has 1 atom stereocenters. The Bertz CT molecular complexity index is 504. The molecule has 0 aromatic rings. The van der Waals surface area contributed by atoms with Gasteiger partial charge in [0.25, 0.3) is 0 Å².